The molecule has 0 aromatic heterocycles. The Hall–Kier alpha value is -1.33. The Kier molecular flexibility index (Phi) is 2.91. The van der Waals surface area contributed by atoms with Gasteiger partial charge in [-0.1, -0.05) is 11.6 Å². The Bertz CT molecular complexity index is 620. The second-order valence-corrected chi connectivity index (χ2v) is 6.63. The SMILES string of the molecule is O=C1Nc2ccc(Cl)c(F)c2[C@]2(CNC[C@H](C3CC3)C2)O1. The highest BCUT2D eigenvalue weighted by Crippen LogP contribution is 2.49. The topological polar surface area (TPSA) is 50.4 Å². The molecule has 1 amide bonds. The van der Waals surface area contributed by atoms with Crippen LogP contribution < -0.4 is 10.6 Å². The van der Waals surface area contributed by atoms with Gasteiger partial charge in [-0.2, -0.15) is 0 Å². The first kappa shape index (κ1) is 13.3. The zero-order valence-corrected chi connectivity index (χ0v) is 12.2. The van der Waals surface area contributed by atoms with Crippen molar-refractivity contribution in [1.82, 2.24) is 5.32 Å². The summed E-state index contributed by atoms with van der Waals surface area (Å²) in [6.07, 6.45) is 2.55. The Morgan fingerprint density at radius 1 is 1.33 bits per heavy atom. The number of ether oxygens (including phenoxy) is 1. The van der Waals surface area contributed by atoms with Crippen LogP contribution in [0.4, 0.5) is 14.9 Å². The number of rotatable bonds is 1. The third kappa shape index (κ3) is 2.10. The highest BCUT2D eigenvalue weighted by molar-refractivity contribution is 6.31. The second kappa shape index (κ2) is 4.58. The van der Waals surface area contributed by atoms with Crippen molar-refractivity contribution in [3.8, 4) is 0 Å². The Balaban J connectivity index is 1.81. The number of anilines is 1. The average Bonchev–Trinajstić information content (AvgIpc) is 3.27. The molecule has 1 saturated heterocycles. The number of benzene rings is 1. The minimum Gasteiger partial charge on any atom is -0.436 e. The minimum absolute atomic E-state index is 0.0569. The molecule has 1 saturated carbocycles. The molecule has 3 aliphatic rings. The van der Waals surface area contributed by atoms with Crippen LogP contribution in [0.1, 0.15) is 24.8 Å². The van der Waals surface area contributed by atoms with E-state index in [-0.39, 0.29) is 5.02 Å². The maximum absolute atomic E-state index is 14.6. The summed E-state index contributed by atoms with van der Waals surface area (Å²) in [5, 5.41) is 5.94. The first-order valence-corrected chi connectivity index (χ1v) is 7.66. The zero-order valence-electron chi connectivity index (χ0n) is 11.4. The van der Waals surface area contributed by atoms with Gasteiger partial charge in [-0.3, -0.25) is 5.32 Å². The van der Waals surface area contributed by atoms with Crippen LogP contribution in [0, 0.1) is 17.7 Å². The van der Waals surface area contributed by atoms with Gasteiger partial charge in [0.25, 0.3) is 0 Å². The third-order valence-electron chi connectivity index (χ3n) is 4.77. The molecule has 112 valence electrons. The first-order chi connectivity index (χ1) is 10.1. The molecule has 2 aliphatic heterocycles. The molecule has 2 N–H and O–H groups in total. The van der Waals surface area contributed by atoms with Crippen molar-refractivity contribution in [3.05, 3.63) is 28.5 Å². The van der Waals surface area contributed by atoms with Crippen molar-refractivity contribution in [2.75, 3.05) is 18.4 Å². The van der Waals surface area contributed by atoms with Crippen molar-refractivity contribution in [2.24, 2.45) is 11.8 Å². The maximum Gasteiger partial charge on any atom is 0.412 e. The van der Waals surface area contributed by atoms with Gasteiger partial charge in [0.05, 0.1) is 16.3 Å². The molecule has 0 radical (unpaired) electrons. The molecule has 1 aliphatic carbocycles. The highest BCUT2D eigenvalue weighted by Gasteiger charge is 2.50. The van der Waals surface area contributed by atoms with Crippen LogP contribution in [-0.4, -0.2) is 19.2 Å². The van der Waals surface area contributed by atoms with Gasteiger partial charge in [0.15, 0.2) is 11.4 Å². The summed E-state index contributed by atoms with van der Waals surface area (Å²) >= 11 is 5.93. The van der Waals surface area contributed by atoms with Gasteiger partial charge in [0, 0.05) is 6.54 Å². The van der Waals surface area contributed by atoms with Crippen LogP contribution in [0.3, 0.4) is 0 Å². The Labute approximate surface area is 127 Å². The van der Waals surface area contributed by atoms with E-state index >= 15 is 0 Å². The van der Waals surface area contributed by atoms with E-state index < -0.39 is 17.5 Å². The number of hydrogen-bond acceptors (Lipinski definition) is 3. The number of hydrogen-bond donors (Lipinski definition) is 2. The van der Waals surface area contributed by atoms with Crippen molar-refractivity contribution in [2.45, 2.75) is 24.9 Å². The molecule has 1 aromatic rings. The normalized spacial score (nSPS) is 31.5. The van der Waals surface area contributed by atoms with Crippen molar-refractivity contribution >= 4 is 23.4 Å². The van der Waals surface area contributed by atoms with Crippen molar-refractivity contribution < 1.29 is 13.9 Å². The lowest BCUT2D eigenvalue weighted by Crippen LogP contribution is -2.53. The Morgan fingerprint density at radius 2 is 2.14 bits per heavy atom. The highest BCUT2D eigenvalue weighted by atomic mass is 35.5. The number of carbonyl (C=O) groups excluding carboxylic acids is 1. The quantitative estimate of drug-likeness (QED) is 0.837. The monoisotopic (exact) mass is 310 g/mol. The summed E-state index contributed by atoms with van der Waals surface area (Å²) in [6.45, 7) is 1.32. The summed E-state index contributed by atoms with van der Waals surface area (Å²) < 4.78 is 20.2. The largest absolute Gasteiger partial charge is 0.436 e. The smallest absolute Gasteiger partial charge is 0.412 e. The van der Waals surface area contributed by atoms with Crippen LogP contribution in [0.25, 0.3) is 0 Å². The van der Waals surface area contributed by atoms with Crippen LogP contribution in [0.2, 0.25) is 5.02 Å². The number of carbonyl (C=O) groups is 1. The van der Waals surface area contributed by atoms with Gasteiger partial charge in [-0.25, -0.2) is 9.18 Å². The molecule has 0 bridgehead atoms. The summed E-state index contributed by atoms with van der Waals surface area (Å²) in [6, 6.07) is 3.10. The standard InChI is InChI=1S/C15H16ClFN2O2/c16-10-3-4-11-12(13(10)17)15(21-14(20)19-11)5-9(6-18-7-15)8-1-2-8/h3-4,8-9,18H,1-2,5-7H2,(H,19,20)/t9-,15+/m1/s1. The van der Waals surface area contributed by atoms with Crippen molar-refractivity contribution in [1.29, 1.82) is 0 Å². The lowest BCUT2D eigenvalue weighted by Gasteiger charge is -2.44. The lowest BCUT2D eigenvalue weighted by atomic mass is 9.78. The third-order valence-corrected chi connectivity index (χ3v) is 5.06. The van der Waals surface area contributed by atoms with E-state index in [1.807, 2.05) is 0 Å². The fraction of sp³-hybridized carbons (Fsp3) is 0.533. The first-order valence-electron chi connectivity index (χ1n) is 7.28. The van der Waals surface area contributed by atoms with Crippen LogP contribution in [-0.2, 0) is 10.3 Å². The van der Waals surface area contributed by atoms with Crippen LogP contribution in [0.5, 0.6) is 0 Å². The summed E-state index contributed by atoms with van der Waals surface area (Å²) in [5.41, 5.74) is -0.100. The molecule has 1 spiro atoms. The lowest BCUT2D eigenvalue weighted by molar-refractivity contribution is -0.0287. The van der Waals surface area contributed by atoms with E-state index in [1.54, 1.807) is 6.07 Å². The van der Waals surface area contributed by atoms with Gasteiger partial charge in [0.1, 0.15) is 0 Å². The molecule has 6 heteroatoms. The molecular formula is C15H16ClFN2O2. The van der Waals surface area contributed by atoms with Gasteiger partial charge in [0.2, 0.25) is 0 Å². The predicted molar refractivity (Wildman–Crippen MR) is 76.9 cm³/mol. The predicted octanol–water partition coefficient (Wildman–Crippen LogP) is 3.26. The molecule has 2 atom stereocenters. The van der Waals surface area contributed by atoms with E-state index in [2.05, 4.69) is 10.6 Å². The summed E-state index contributed by atoms with van der Waals surface area (Å²) in [4.78, 5) is 11.9. The van der Waals surface area contributed by atoms with Gasteiger partial charge < -0.3 is 10.1 Å². The fourth-order valence-corrected chi connectivity index (χ4v) is 3.82. The van der Waals surface area contributed by atoms with Crippen molar-refractivity contribution in [3.63, 3.8) is 0 Å². The molecular weight excluding hydrogens is 295 g/mol. The number of amides is 1. The van der Waals surface area contributed by atoms with Crippen LogP contribution in [0.15, 0.2) is 12.1 Å². The maximum atomic E-state index is 14.6. The molecule has 1 aromatic carbocycles. The minimum atomic E-state index is -0.946. The summed E-state index contributed by atoms with van der Waals surface area (Å²) in [5.74, 6) is 0.581. The van der Waals surface area contributed by atoms with E-state index in [9.17, 15) is 9.18 Å². The van der Waals surface area contributed by atoms with Gasteiger partial charge >= 0.3 is 6.09 Å². The van der Waals surface area contributed by atoms with Gasteiger partial charge in [-0.15, -0.1) is 0 Å². The molecule has 2 heterocycles. The molecule has 2 fully saturated rings. The van der Waals surface area contributed by atoms with Gasteiger partial charge in [-0.05, 0) is 49.8 Å². The van der Waals surface area contributed by atoms with Crippen LogP contribution >= 0.6 is 11.6 Å². The molecule has 4 nitrogen and oxygen atoms in total. The Morgan fingerprint density at radius 3 is 2.90 bits per heavy atom. The number of piperidine rings is 1. The average molecular weight is 311 g/mol. The van der Waals surface area contributed by atoms with E-state index in [0.29, 0.717) is 36.1 Å². The van der Waals surface area contributed by atoms with E-state index in [0.717, 1.165) is 6.54 Å². The molecule has 21 heavy (non-hydrogen) atoms. The fourth-order valence-electron chi connectivity index (χ4n) is 3.66. The zero-order chi connectivity index (χ0) is 14.6. The molecule has 4 rings (SSSR count). The molecule has 0 unspecified atom stereocenters. The number of nitrogens with one attached hydrogen (secondary N) is 2. The number of halogens is 2. The number of fused-ring (bicyclic) bond motifs is 2. The van der Waals surface area contributed by atoms with E-state index in [1.165, 1.54) is 18.9 Å². The summed E-state index contributed by atoms with van der Waals surface area (Å²) in [7, 11) is 0. The second-order valence-electron chi connectivity index (χ2n) is 6.23. The van der Waals surface area contributed by atoms with E-state index in [4.69, 9.17) is 16.3 Å².